The van der Waals surface area contributed by atoms with E-state index in [9.17, 15) is 4.79 Å². The molecule has 1 heterocycles. The molecular weight excluding hydrogens is 268 g/mol. The molecule has 1 aromatic heterocycles. The fraction of sp³-hybridized carbons (Fsp3) is 0.733. The maximum Gasteiger partial charge on any atom is 0.407 e. The number of nitrogens with zero attached hydrogens (tertiary/aromatic N) is 2. The maximum atomic E-state index is 11.5. The van der Waals surface area contributed by atoms with Crippen molar-refractivity contribution in [3.8, 4) is 0 Å². The van der Waals surface area contributed by atoms with Crippen LogP contribution >= 0.6 is 0 Å². The van der Waals surface area contributed by atoms with Gasteiger partial charge in [-0.3, -0.25) is 0 Å². The molecule has 2 unspecified atom stereocenters. The normalized spacial score (nSPS) is 22.3. The molecule has 0 aliphatic heterocycles. The molecule has 0 bridgehead atoms. The van der Waals surface area contributed by atoms with Crippen molar-refractivity contribution in [3.63, 3.8) is 0 Å². The van der Waals surface area contributed by atoms with E-state index in [4.69, 9.17) is 10.5 Å². The van der Waals surface area contributed by atoms with Gasteiger partial charge in [-0.2, -0.15) is 5.10 Å². The Kier molecular flexibility index (Phi) is 4.44. The summed E-state index contributed by atoms with van der Waals surface area (Å²) in [5.74, 6) is 1.00. The van der Waals surface area contributed by atoms with Crippen LogP contribution in [0.3, 0.4) is 0 Å². The fourth-order valence-corrected chi connectivity index (χ4v) is 2.80. The fourth-order valence-electron chi connectivity index (χ4n) is 2.80. The number of nitrogens with one attached hydrogen (secondary N) is 1. The van der Waals surface area contributed by atoms with E-state index in [1.54, 1.807) is 0 Å². The molecule has 21 heavy (non-hydrogen) atoms. The van der Waals surface area contributed by atoms with Gasteiger partial charge in [0.05, 0.1) is 11.2 Å². The van der Waals surface area contributed by atoms with Gasteiger partial charge in [0, 0.05) is 18.5 Å². The highest BCUT2D eigenvalue weighted by Crippen LogP contribution is 2.36. The molecule has 1 amide bonds. The number of aromatic nitrogens is 2. The third-order valence-electron chi connectivity index (χ3n) is 3.79. The first-order valence-electron chi connectivity index (χ1n) is 7.61. The first-order chi connectivity index (χ1) is 9.81. The molecule has 1 aliphatic carbocycles. The van der Waals surface area contributed by atoms with E-state index in [0.29, 0.717) is 18.3 Å². The van der Waals surface area contributed by atoms with E-state index in [0.717, 1.165) is 25.0 Å². The summed E-state index contributed by atoms with van der Waals surface area (Å²) >= 11 is 0. The van der Waals surface area contributed by atoms with Crippen LogP contribution in [0.5, 0.6) is 0 Å². The zero-order valence-corrected chi connectivity index (χ0v) is 13.3. The van der Waals surface area contributed by atoms with E-state index in [2.05, 4.69) is 31.2 Å². The van der Waals surface area contributed by atoms with Crippen molar-refractivity contribution in [2.24, 2.45) is 0 Å². The van der Waals surface area contributed by atoms with E-state index in [-0.39, 0.29) is 17.7 Å². The average molecular weight is 294 g/mol. The van der Waals surface area contributed by atoms with E-state index in [1.165, 1.54) is 0 Å². The third kappa shape index (κ3) is 3.68. The Morgan fingerprint density at radius 1 is 1.52 bits per heavy atom. The van der Waals surface area contributed by atoms with Crippen LogP contribution in [-0.2, 0) is 10.3 Å². The zero-order chi connectivity index (χ0) is 15.6. The second-order valence-corrected chi connectivity index (χ2v) is 6.64. The first-order valence-corrected chi connectivity index (χ1v) is 7.61. The monoisotopic (exact) mass is 294 g/mol. The predicted molar refractivity (Wildman–Crippen MR) is 82.2 cm³/mol. The van der Waals surface area contributed by atoms with Gasteiger partial charge in [-0.25, -0.2) is 9.48 Å². The van der Waals surface area contributed by atoms with Gasteiger partial charge < -0.3 is 15.8 Å². The van der Waals surface area contributed by atoms with Gasteiger partial charge in [-0.1, -0.05) is 0 Å². The number of amides is 1. The highest BCUT2D eigenvalue weighted by molar-refractivity contribution is 5.67. The predicted octanol–water partition coefficient (Wildman–Crippen LogP) is 2.60. The Balaban J connectivity index is 2.00. The van der Waals surface area contributed by atoms with E-state index in [1.807, 2.05) is 17.7 Å². The average Bonchev–Trinajstić information content (AvgIpc) is 2.95. The molecule has 1 fully saturated rings. The Labute approximate surface area is 126 Å². The summed E-state index contributed by atoms with van der Waals surface area (Å²) in [7, 11) is 0. The number of alkyl carbamates (subject to hydrolysis) is 1. The van der Waals surface area contributed by atoms with Crippen LogP contribution in [0.15, 0.2) is 6.07 Å². The molecule has 1 aliphatic rings. The van der Waals surface area contributed by atoms with Crippen molar-refractivity contribution >= 4 is 11.9 Å². The maximum absolute atomic E-state index is 11.5. The van der Waals surface area contributed by atoms with Crippen molar-refractivity contribution in [2.45, 2.75) is 64.5 Å². The molecule has 0 saturated heterocycles. The van der Waals surface area contributed by atoms with Gasteiger partial charge >= 0.3 is 6.09 Å². The molecule has 0 spiro atoms. The smallest absolute Gasteiger partial charge is 0.407 e. The summed E-state index contributed by atoms with van der Waals surface area (Å²) in [5.41, 5.74) is 6.93. The molecule has 2 atom stereocenters. The van der Waals surface area contributed by atoms with Crippen LogP contribution in [0, 0.1) is 0 Å². The number of carbonyl (C=O) groups excluding carboxylic acids is 1. The van der Waals surface area contributed by atoms with Gasteiger partial charge in [0.15, 0.2) is 0 Å². The highest BCUT2D eigenvalue weighted by atomic mass is 16.6. The van der Waals surface area contributed by atoms with Gasteiger partial charge in [-0.05, 0) is 47.0 Å². The number of hydrogen-bond acceptors (Lipinski definition) is 4. The topological polar surface area (TPSA) is 82.2 Å². The number of carbonyl (C=O) groups is 1. The van der Waals surface area contributed by atoms with Crippen LogP contribution in [0.2, 0.25) is 0 Å². The molecule has 118 valence electrons. The molecule has 0 aromatic carbocycles. The highest BCUT2D eigenvalue weighted by Gasteiger charge is 2.31. The number of nitrogens with two attached hydrogens (primary N) is 1. The lowest BCUT2D eigenvalue weighted by atomic mass is 10.0. The van der Waals surface area contributed by atoms with Crippen molar-refractivity contribution < 1.29 is 9.53 Å². The third-order valence-corrected chi connectivity index (χ3v) is 3.79. The van der Waals surface area contributed by atoms with Gasteiger partial charge in [0.2, 0.25) is 0 Å². The Morgan fingerprint density at radius 3 is 2.81 bits per heavy atom. The SMILES string of the molecule is CCNC(=O)OC1CCC(c2cc(N)n(C(C)(C)C)n2)C1. The standard InChI is InChI=1S/C15H26N4O2/c1-5-17-14(20)21-11-7-6-10(8-11)12-9-13(16)19(18-12)15(2,3)4/h9-11H,5-8,16H2,1-4H3,(H,17,20). The molecule has 0 radical (unpaired) electrons. The number of rotatable bonds is 3. The van der Waals surface area contributed by atoms with Gasteiger partial charge in [0.25, 0.3) is 0 Å². The Bertz CT molecular complexity index is 504. The Hall–Kier alpha value is -1.72. The lowest BCUT2D eigenvalue weighted by molar-refractivity contribution is 0.101. The zero-order valence-electron chi connectivity index (χ0n) is 13.3. The molecule has 1 aromatic rings. The minimum absolute atomic E-state index is 0.0254. The molecule has 3 N–H and O–H groups in total. The summed E-state index contributed by atoms with van der Waals surface area (Å²) in [5, 5.41) is 7.31. The lowest BCUT2D eigenvalue weighted by Crippen LogP contribution is -2.27. The van der Waals surface area contributed by atoms with Gasteiger partial charge in [0.1, 0.15) is 11.9 Å². The minimum Gasteiger partial charge on any atom is -0.446 e. The molecule has 1 saturated carbocycles. The van der Waals surface area contributed by atoms with E-state index < -0.39 is 0 Å². The molecule has 6 nitrogen and oxygen atoms in total. The second kappa shape index (κ2) is 5.95. The molecular formula is C15H26N4O2. The summed E-state index contributed by atoms with van der Waals surface area (Å²) in [4.78, 5) is 11.5. The number of ether oxygens (including phenoxy) is 1. The summed E-state index contributed by atoms with van der Waals surface area (Å²) < 4.78 is 7.25. The van der Waals surface area contributed by atoms with Crippen molar-refractivity contribution in [1.29, 1.82) is 0 Å². The van der Waals surface area contributed by atoms with Crippen LogP contribution in [0.25, 0.3) is 0 Å². The molecule has 6 heteroatoms. The van der Waals surface area contributed by atoms with Crippen molar-refractivity contribution in [3.05, 3.63) is 11.8 Å². The molecule has 2 rings (SSSR count). The van der Waals surface area contributed by atoms with Crippen molar-refractivity contribution in [1.82, 2.24) is 15.1 Å². The van der Waals surface area contributed by atoms with Crippen molar-refractivity contribution in [2.75, 3.05) is 12.3 Å². The second-order valence-electron chi connectivity index (χ2n) is 6.64. The van der Waals surface area contributed by atoms with Crippen LogP contribution in [-0.4, -0.2) is 28.5 Å². The number of hydrogen-bond donors (Lipinski definition) is 2. The number of nitrogen functional groups attached to an aromatic ring is 1. The summed E-state index contributed by atoms with van der Waals surface area (Å²) in [6, 6.07) is 1.95. The summed E-state index contributed by atoms with van der Waals surface area (Å²) in [6.07, 6.45) is 2.32. The van der Waals surface area contributed by atoms with Crippen LogP contribution in [0.4, 0.5) is 10.6 Å². The lowest BCUT2D eigenvalue weighted by Gasteiger charge is -2.20. The largest absolute Gasteiger partial charge is 0.446 e. The van der Waals surface area contributed by atoms with E-state index >= 15 is 0 Å². The van der Waals surface area contributed by atoms with Crippen LogP contribution < -0.4 is 11.1 Å². The Morgan fingerprint density at radius 2 is 2.24 bits per heavy atom. The summed E-state index contributed by atoms with van der Waals surface area (Å²) in [6.45, 7) is 8.70. The van der Waals surface area contributed by atoms with Gasteiger partial charge in [-0.15, -0.1) is 0 Å². The quantitative estimate of drug-likeness (QED) is 0.897. The van der Waals surface area contributed by atoms with Crippen LogP contribution in [0.1, 0.15) is 58.6 Å². The number of anilines is 1. The first kappa shape index (κ1) is 15.7. The minimum atomic E-state index is -0.331.